The third-order valence-electron chi connectivity index (χ3n) is 2.31. The number of anilines is 1. The lowest BCUT2D eigenvalue weighted by atomic mass is 10.1. The quantitative estimate of drug-likeness (QED) is 0.918. The Labute approximate surface area is 111 Å². The summed E-state index contributed by atoms with van der Waals surface area (Å²) < 4.78 is 0. The number of benzene rings is 1. The van der Waals surface area contributed by atoms with Crippen LogP contribution in [0.3, 0.4) is 0 Å². The molecule has 0 saturated heterocycles. The zero-order valence-corrected chi connectivity index (χ0v) is 11.4. The van der Waals surface area contributed by atoms with Crippen molar-refractivity contribution in [3.63, 3.8) is 0 Å². The molecule has 1 aromatic rings. The van der Waals surface area contributed by atoms with Crippen molar-refractivity contribution in [2.45, 2.75) is 13.8 Å². The highest BCUT2D eigenvalue weighted by Crippen LogP contribution is 2.29. The van der Waals surface area contributed by atoms with Gasteiger partial charge in [-0.1, -0.05) is 37.0 Å². The monoisotopic (exact) mass is 274 g/mol. The lowest BCUT2D eigenvalue weighted by Crippen LogP contribution is -2.38. The Morgan fingerprint density at radius 3 is 2.53 bits per heavy atom. The van der Waals surface area contributed by atoms with Gasteiger partial charge in [0.05, 0.1) is 10.7 Å². The number of carbonyl (C=O) groups excluding carboxylic acids is 1. The number of carbonyl (C=O) groups is 1. The van der Waals surface area contributed by atoms with Crippen LogP contribution in [0.25, 0.3) is 0 Å². The topological polar surface area (TPSA) is 46.3 Å². The molecule has 1 amide bonds. The first kappa shape index (κ1) is 14.3. The standard InChI is InChI=1S/C12H16Cl2N2O/c1-8(2)12(17)16(6-5-15)11-4-3-9(13)7-10(11)14/h3-4,7-8H,5-6,15H2,1-2H3. The first-order valence-corrected chi connectivity index (χ1v) is 6.19. The molecule has 0 spiro atoms. The molecule has 0 aliphatic heterocycles. The Kier molecular flexibility index (Phi) is 5.25. The Morgan fingerprint density at radius 2 is 2.06 bits per heavy atom. The number of rotatable bonds is 4. The van der Waals surface area contributed by atoms with Crippen LogP contribution in [0.2, 0.25) is 10.0 Å². The van der Waals surface area contributed by atoms with Gasteiger partial charge in [-0.3, -0.25) is 4.79 Å². The van der Waals surface area contributed by atoms with Gasteiger partial charge in [0, 0.05) is 24.0 Å². The van der Waals surface area contributed by atoms with Gasteiger partial charge in [0.2, 0.25) is 5.91 Å². The second kappa shape index (κ2) is 6.24. The lowest BCUT2D eigenvalue weighted by molar-refractivity contribution is -0.121. The van der Waals surface area contributed by atoms with E-state index < -0.39 is 0 Å². The van der Waals surface area contributed by atoms with Crippen molar-refractivity contribution in [2.75, 3.05) is 18.0 Å². The minimum atomic E-state index is -0.103. The minimum Gasteiger partial charge on any atom is -0.329 e. The summed E-state index contributed by atoms with van der Waals surface area (Å²) >= 11 is 11.9. The Hall–Kier alpha value is -0.770. The molecule has 0 aliphatic carbocycles. The largest absolute Gasteiger partial charge is 0.329 e. The van der Waals surface area contributed by atoms with E-state index in [9.17, 15) is 4.79 Å². The number of amides is 1. The fourth-order valence-corrected chi connectivity index (χ4v) is 2.00. The minimum absolute atomic E-state index is 0.000303. The summed E-state index contributed by atoms with van der Waals surface area (Å²) in [6, 6.07) is 5.07. The predicted octanol–water partition coefficient (Wildman–Crippen LogP) is 2.94. The third-order valence-corrected chi connectivity index (χ3v) is 2.85. The maximum Gasteiger partial charge on any atom is 0.229 e. The van der Waals surface area contributed by atoms with Gasteiger partial charge in [-0.2, -0.15) is 0 Å². The van der Waals surface area contributed by atoms with Crippen molar-refractivity contribution in [2.24, 2.45) is 11.7 Å². The summed E-state index contributed by atoms with van der Waals surface area (Å²) in [5.74, 6) is -0.104. The Bertz CT molecular complexity index is 407. The maximum atomic E-state index is 12.0. The van der Waals surface area contributed by atoms with Gasteiger partial charge < -0.3 is 10.6 Å². The van der Waals surface area contributed by atoms with Crippen molar-refractivity contribution in [1.82, 2.24) is 0 Å². The van der Waals surface area contributed by atoms with E-state index in [1.54, 1.807) is 23.1 Å². The summed E-state index contributed by atoms with van der Waals surface area (Å²) in [6.45, 7) is 4.52. The molecule has 17 heavy (non-hydrogen) atoms. The van der Waals surface area contributed by atoms with Gasteiger partial charge in [0.15, 0.2) is 0 Å². The van der Waals surface area contributed by atoms with Gasteiger partial charge >= 0.3 is 0 Å². The first-order valence-electron chi connectivity index (χ1n) is 5.44. The molecule has 0 atom stereocenters. The molecule has 0 heterocycles. The molecule has 0 saturated carbocycles. The third kappa shape index (κ3) is 3.60. The van der Waals surface area contributed by atoms with Crippen molar-refractivity contribution >= 4 is 34.8 Å². The number of hydrogen-bond acceptors (Lipinski definition) is 2. The molecule has 0 bridgehead atoms. The molecule has 0 radical (unpaired) electrons. The Morgan fingerprint density at radius 1 is 1.41 bits per heavy atom. The van der Waals surface area contributed by atoms with E-state index in [-0.39, 0.29) is 11.8 Å². The number of nitrogens with zero attached hydrogens (tertiary/aromatic N) is 1. The second-order valence-corrected chi connectivity index (χ2v) is 4.87. The molecule has 2 N–H and O–H groups in total. The van der Waals surface area contributed by atoms with E-state index in [4.69, 9.17) is 28.9 Å². The summed E-state index contributed by atoms with van der Waals surface area (Å²) in [5.41, 5.74) is 6.17. The van der Waals surface area contributed by atoms with Gasteiger partial charge in [0.25, 0.3) is 0 Å². The lowest BCUT2D eigenvalue weighted by Gasteiger charge is -2.25. The predicted molar refractivity (Wildman–Crippen MR) is 72.7 cm³/mol. The average Bonchev–Trinajstić information content (AvgIpc) is 2.26. The SMILES string of the molecule is CC(C)C(=O)N(CCN)c1ccc(Cl)cc1Cl. The Balaban J connectivity index is 3.09. The smallest absolute Gasteiger partial charge is 0.229 e. The normalized spacial score (nSPS) is 10.7. The summed E-state index contributed by atoms with van der Waals surface area (Å²) in [7, 11) is 0. The number of hydrogen-bond donors (Lipinski definition) is 1. The molecule has 0 aromatic heterocycles. The van der Waals surface area contributed by atoms with Gasteiger partial charge in [-0.15, -0.1) is 0 Å². The number of nitrogens with two attached hydrogens (primary N) is 1. The van der Waals surface area contributed by atoms with Crippen molar-refractivity contribution in [3.8, 4) is 0 Å². The van der Waals surface area contributed by atoms with Crippen LogP contribution in [-0.4, -0.2) is 19.0 Å². The van der Waals surface area contributed by atoms with Crippen molar-refractivity contribution in [1.29, 1.82) is 0 Å². The fourth-order valence-electron chi connectivity index (χ4n) is 1.49. The molecule has 1 aromatic carbocycles. The van der Waals surface area contributed by atoms with E-state index in [2.05, 4.69) is 0 Å². The summed E-state index contributed by atoms with van der Waals surface area (Å²) in [5, 5.41) is 1.00. The van der Waals surface area contributed by atoms with Crippen molar-refractivity contribution in [3.05, 3.63) is 28.2 Å². The summed E-state index contributed by atoms with van der Waals surface area (Å²) in [4.78, 5) is 13.6. The van der Waals surface area contributed by atoms with Crippen molar-refractivity contribution < 1.29 is 4.79 Å². The highest BCUT2D eigenvalue weighted by molar-refractivity contribution is 6.36. The van der Waals surface area contributed by atoms with Crippen LogP contribution >= 0.6 is 23.2 Å². The molecular formula is C12H16Cl2N2O. The van der Waals surface area contributed by atoms with Crippen LogP contribution in [0, 0.1) is 5.92 Å². The fraction of sp³-hybridized carbons (Fsp3) is 0.417. The van der Waals surface area contributed by atoms with E-state index in [1.807, 2.05) is 13.8 Å². The molecule has 1 rings (SSSR count). The molecule has 0 aliphatic rings. The van der Waals surface area contributed by atoms with E-state index >= 15 is 0 Å². The molecule has 94 valence electrons. The zero-order chi connectivity index (χ0) is 13.0. The van der Waals surface area contributed by atoms with Crippen LogP contribution in [0.4, 0.5) is 5.69 Å². The molecular weight excluding hydrogens is 259 g/mol. The van der Waals surface area contributed by atoms with Gasteiger partial charge in [-0.05, 0) is 18.2 Å². The van der Waals surface area contributed by atoms with Gasteiger partial charge in [0.1, 0.15) is 0 Å². The van der Waals surface area contributed by atoms with Crippen LogP contribution in [-0.2, 0) is 4.79 Å². The van der Waals surface area contributed by atoms with E-state index in [0.717, 1.165) is 0 Å². The second-order valence-electron chi connectivity index (χ2n) is 4.03. The zero-order valence-electron chi connectivity index (χ0n) is 9.91. The highest BCUT2D eigenvalue weighted by Gasteiger charge is 2.20. The van der Waals surface area contributed by atoms with E-state index in [1.165, 1.54) is 0 Å². The molecule has 0 unspecified atom stereocenters. The highest BCUT2D eigenvalue weighted by atomic mass is 35.5. The van der Waals surface area contributed by atoms with Crippen LogP contribution in [0.1, 0.15) is 13.8 Å². The van der Waals surface area contributed by atoms with Gasteiger partial charge in [-0.25, -0.2) is 0 Å². The molecule has 3 nitrogen and oxygen atoms in total. The summed E-state index contributed by atoms with van der Waals surface area (Å²) in [6.07, 6.45) is 0. The molecule has 5 heteroatoms. The van der Waals surface area contributed by atoms with E-state index in [0.29, 0.717) is 28.8 Å². The van der Waals surface area contributed by atoms with Crippen LogP contribution in [0.5, 0.6) is 0 Å². The first-order chi connectivity index (χ1) is 7.97. The number of halogens is 2. The maximum absolute atomic E-state index is 12.0. The molecule has 0 fully saturated rings. The average molecular weight is 275 g/mol. The van der Waals surface area contributed by atoms with Crippen LogP contribution < -0.4 is 10.6 Å². The van der Waals surface area contributed by atoms with Crippen LogP contribution in [0.15, 0.2) is 18.2 Å².